The largest absolute Gasteiger partial charge is 0.480 e. The molecule has 0 bridgehead atoms. The van der Waals surface area contributed by atoms with Crippen molar-refractivity contribution in [3.8, 4) is 0 Å². The maximum absolute atomic E-state index is 11.9. The number of carboxylic acids is 1. The van der Waals surface area contributed by atoms with Gasteiger partial charge in [-0.15, -0.1) is 11.8 Å². The zero-order chi connectivity index (χ0) is 12.9. The van der Waals surface area contributed by atoms with Crippen molar-refractivity contribution in [2.75, 3.05) is 5.75 Å². The second-order valence-electron chi connectivity index (χ2n) is 4.27. The van der Waals surface area contributed by atoms with E-state index in [4.69, 9.17) is 5.11 Å². The minimum atomic E-state index is -0.935. The number of aliphatic carboxylic acids is 1. The van der Waals surface area contributed by atoms with E-state index in [1.807, 2.05) is 13.1 Å². The third kappa shape index (κ3) is 1.54. The Morgan fingerprint density at radius 1 is 1.67 bits per heavy atom. The highest BCUT2D eigenvalue weighted by Crippen LogP contribution is 2.43. The van der Waals surface area contributed by atoms with Gasteiger partial charge in [-0.1, -0.05) is 0 Å². The summed E-state index contributed by atoms with van der Waals surface area (Å²) in [4.78, 5) is 24.3. The molecule has 3 rings (SSSR count). The molecule has 94 valence electrons. The van der Waals surface area contributed by atoms with Crippen molar-refractivity contribution in [1.29, 1.82) is 0 Å². The Balaban J connectivity index is 1.84. The first-order valence-corrected chi connectivity index (χ1v) is 6.51. The molecule has 18 heavy (non-hydrogen) atoms. The molecule has 1 unspecified atom stereocenters. The molecule has 2 aliphatic heterocycles. The van der Waals surface area contributed by atoms with Crippen LogP contribution in [0.3, 0.4) is 0 Å². The molecule has 0 aliphatic carbocycles. The number of rotatable bonds is 2. The average molecular weight is 265 g/mol. The van der Waals surface area contributed by atoms with Crippen LogP contribution in [0.25, 0.3) is 6.08 Å². The normalized spacial score (nSPS) is 28.4. The van der Waals surface area contributed by atoms with Gasteiger partial charge in [0.25, 0.3) is 5.91 Å². The van der Waals surface area contributed by atoms with Crippen LogP contribution in [0.1, 0.15) is 5.69 Å². The van der Waals surface area contributed by atoms with E-state index in [9.17, 15) is 9.59 Å². The standard InChI is InChI=1S/C11H11N3O3S/c1-13-3-2-6(12-13)4-7-9(15)14-8(11(16)17)5-18-10(7)14/h2-4,8,10H,5H2,1H3,(H,16,17)/t8?,10-/m1/s1. The van der Waals surface area contributed by atoms with E-state index in [0.29, 0.717) is 11.3 Å². The fraction of sp³-hybridized carbons (Fsp3) is 0.364. The molecular weight excluding hydrogens is 254 g/mol. The molecule has 1 N–H and O–H groups in total. The van der Waals surface area contributed by atoms with Crippen molar-refractivity contribution in [3.63, 3.8) is 0 Å². The summed E-state index contributed by atoms with van der Waals surface area (Å²) < 4.78 is 1.66. The van der Waals surface area contributed by atoms with Crippen molar-refractivity contribution in [3.05, 3.63) is 23.5 Å². The van der Waals surface area contributed by atoms with Gasteiger partial charge in [-0.05, 0) is 12.1 Å². The van der Waals surface area contributed by atoms with Crippen LogP contribution < -0.4 is 0 Å². The smallest absolute Gasteiger partial charge is 0.327 e. The minimum Gasteiger partial charge on any atom is -0.480 e. The van der Waals surface area contributed by atoms with Crippen molar-refractivity contribution in [2.45, 2.75) is 11.4 Å². The molecule has 0 aromatic carbocycles. The number of aromatic nitrogens is 2. The maximum Gasteiger partial charge on any atom is 0.327 e. The number of fused-ring (bicyclic) bond motifs is 1. The number of hydrogen-bond donors (Lipinski definition) is 1. The van der Waals surface area contributed by atoms with Gasteiger partial charge >= 0.3 is 5.97 Å². The van der Waals surface area contributed by atoms with Gasteiger partial charge in [0.15, 0.2) is 0 Å². The summed E-state index contributed by atoms with van der Waals surface area (Å²) in [7, 11) is 1.81. The van der Waals surface area contributed by atoms with Crippen molar-refractivity contribution >= 4 is 29.7 Å². The second kappa shape index (κ2) is 3.88. The highest BCUT2D eigenvalue weighted by Gasteiger charge is 2.53. The highest BCUT2D eigenvalue weighted by molar-refractivity contribution is 8.00. The molecule has 7 heteroatoms. The lowest BCUT2D eigenvalue weighted by molar-refractivity contribution is -0.150. The van der Waals surface area contributed by atoms with Crippen LogP contribution in [0.2, 0.25) is 0 Å². The van der Waals surface area contributed by atoms with E-state index in [-0.39, 0.29) is 11.3 Å². The van der Waals surface area contributed by atoms with Gasteiger partial charge in [-0.3, -0.25) is 9.48 Å². The lowest BCUT2D eigenvalue weighted by atomic mass is 10.0. The van der Waals surface area contributed by atoms with Gasteiger partial charge in [-0.25, -0.2) is 4.79 Å². The Labute approximate surface area is 107 Å². The molecule has 2 aliphatic rings. The van der Waals surface area contributed by atoms with E-state index in [1.165, 1.54) is 16.7 Å². The maximum atomic E-state index is 11.9. The van der Waals surface area contributed by atoms with Crippen LogP contribution in [0, 0.1) is 0 Å². The lowest BCUT2D eigenvalue weighted by Crippen LogP contribution is -2.56. The van der Waals surface area contributed by atoms with Crippen LogP contribution in [0.4, 0.5) is 0 Å². The first kappa shape index (κ1) is 11.3. The Morgan fingerprint density at radius 2 is 2.44 bits per heavy atom. The van der Waals surface area contributed by atoms with Crippen LogP contribution in [-0.4, -0.2) is 48.8 Å². The zero-order valence-corrected chi connectivity index (χ0v) is 10.4. The number of thioether (sulfide) groups is 1. The summed E-state index contributed by atoms with van der Waals surface area (Å²) in [6.07, 6.45) is 3.54. The number of β-lactam (4-membered cyclic amide) rings is 1. The summed E-state index contributed by atoms with van der Waals surface area (Å²) in [5, 5.41) is 13.0. The van der Waals surface area contributed by atoms with E-state index in [0.717, 1.165) is 5.69 Å². The third-order valence-electron chi connectivity index (χ3n) is 3.07. The number of carboxylic acid groups (broad SMARTS) is 1. The average Bonchev–Trinajstić information content (AvgIpc) is 2.89. The predicted octanol–water partition coefficient (Wildman–Crippen LogP) is 0.172. The molecular formula is C11H11N3O3S. The number of carbonyl (C=O) groups is 2. The molecule has 0 spiro atoms. The van der Waals surface area contributed by atoms with Crippen molar-refractivity contribution in [1.82, 2.24) is 14.7 Å². The molecule has 1 amide bonds. The Morgan fingerprint density at radius 3 is 3.06 bits per heavy atom. The Kier molecular flexibility index (Phi) is 2.44. The predicted molar refractivity (Wildman–Crippen MR) is 65.7 cm³/mol. The highest BCUT2D eigenvalue weighted by atomic mass is 32.2. The Hall–Kier alpha value is -1.76. The van der Waals surface area contributed by atoms with Gasteiger partial charge in [0, 0.05) is 19.0 Å². The monoisotopic (exact) mass is 265 g/mol. The summed E-state index contributed by atoms with van der Waals surface area (Å²) in [6, 6.07) is 1.13. The van der Waals surface area contributed by atoms with Gasteiger partial charge in [-0.2, -0.15) is 5.10 Å². The second-order valence-corrected chi connectivity index (χ2v) is 5.38. The van der Waals surface area contributed by atoms with Gasteiger partial charge in [0.05, 0.1) is 11.3 Å². The van der Waals surface area contributed by atoms with Crippen LogP contribution in [0.5, 0.6) is 0 Å². The molecule has 2 fully saturated rings. The van der Waals surface area contributed by atoms with Gasteiger partial charge in [0.2, 0.25) is 0 Å². The third-order valence-corrected chi connectivity index (χ3v) is 4.38. The Bertz CT molecular complexity index is 566. The summed E-state index contributed by atoms with van der Waals surface area (Å²) >= 11 is 1.49. The molecule has 0 saturated carbocycles. The number of nitrogens with zero attached hydrogens (tertiary/aromatic N) is 3. The SMILES string of the molecule is Cn1ccc(C=C2C(=O)N3C(C(=O)O)CS[C@H]23)n1. The van der Waals surface area contributed by atoms with E-state index < -0.39 is 12.0 Å². The molecule has 1 aromatic rings. The lowest BCUT2D eigenvalue weighted by Gasteiger charge is -2.38. The summed E-state index contributed by atoms with van der Waals surface area (Å²) in [5.74, 6) is -0.677. The zero-order valence-electron chi connectivity index (χ0n) is 9.61. The fourth-order valence-corrected chi connectivity index (χ4v) is 3.59. The fourth-order valence-electron chi connectivity index (χ4n) is 2.18. The van der Waals surface area contributed by atoms with E-state index >= 15 is 0 Å². The molecule has 0 radical (unpaired) electrons. The number of carbonyl (C=O) groups excluding carboxylic acids is 1. The molecule has 6 nitrogen and oxygen atoms in total. The van der Waals surface area contributed by atoms with E-state index in [1.54, 1.807) is 17.0 Å². The molecule has 2 atom stereocenters. The molecule has 3 heterocycles. The topological polar surface area (TPSA) is 75.4 Å². The summed E-state index contributed by atoms with van der Waals surface area (Å²) in [5.41, 5.74) is 1.36. The first-order valence-electron chi connectivity index (χ1n) is 5.46. The molecule has 1 aromatic heterocycles. The van der Waals surface area contributed by atoms with Gasteiger partial charge < -0.3 is 10.0 Å². The van der Waals surface area contributed by atoms with Crippen molar-refractivity contribution < 1.29 is 14.7 Å². The molecule has 2 saturated heterocycles. The minimum absolute atomic E-state index is 0.124. The van der Waals surface area contributed by atoms with Crippen LogP contribution in [0.15, 0.2) is 17.8 Å². The number of aryl methyl sites for hydroxylation is 1. The van der Waals surface area contributed by atoms with E-state index in [2.05, 4.69) is 5.10 Å². The quantitative estimate of drug-likeness (QED) is 0.609. The van der Waals surface area contributed by atoms with Crippen LogP contribution in [-0.2, 0) is 16.6 Å². The first-order chi connectivity index (χ1) is 8.58. The van der Waals surface area contributed by atoms with Crippen molar-refractivity contribution in [2.24, 2.45) is 7.05 Å². The summed E-state index contributed by atoms with van der Waals surface area (Å²) in [6.45, 7) is 0. The van der Waals surface area contributed by atoms with Gasteiger partial charge in [0.1, 0.15) is 11.4 Å². The number of amides is 1. The van der Waals surface area contributed by atoms with Crippen LogP contribution >= 0.6 is 11.8 Å². The number of hydrogen-bond acceptors (Lipinski definition) is 4.